The average molecular weight is 255 g/mol. The third kappa shape index (κ3) is 3.45. The van der Waals surface area contributed by atoms with E-state index in [4.69, 9.17) is 0 Å². The number of hydrogen-bond donors (Lipinski definition) is 2. The number of halogens is 1. The molecule has 0 fully saturated rings. The molecule has 0 radical (unpaired) electrons. The van der Waals surface area contributed by atoms with Gasteiger partial charge in [-0.05, 0) is 31.0 Å². The van der Waals surface area contributed by atoms with Gasteiger partial charge in [-0.25, -0.2) is 0 Å². The molecule has 3 nitrogen and oxygen atoms in total. The number of rotatable bonds is 4. The van der Waals surface area contributed by atoms with Crippen molar-refractivity contribution in [1.29, 1.82) is 0 Å². The maximum atomic E-state index is 11.6. The second-order valence-electron chi connectivity index (χ2n) is 4.21. The maximum Gasteiger partial charge on any atom is 0.221 e. The number of carbonyl (C=O) groups excluding carboxylic acids is 1. The first-order chi connectivity index (χ1) is 7.81. The van der Waals surface area contributed by atoms with Crippen molar-refractivity contribution in [2.75, 3.05) is 13.6 Å². The van der Waals surface area contributed by atoms with E-state index in [2.05, 4.69) is 28.8 Å². The van der Waals surface area contributed by atoms with E-state index < -0.39 is 0 Å². The maximum absolute atomic E-state index is 11.6. The van der Waals surface area contributed by atoms with Gasteiger partial charge in [-0.2, -0.15) is 0 Å². The van der Waals surface area contributed by atoms with E-state index >= 15 is 0 Å². The van der Waals surface area contributed by atoms with Crippen LogP contribution in [0.15, 0.2) is 24.3 Å². The van der Waals surface area contributed by atoms with Gasteiger partial charge in [0, 0.05) is 13.0 Å². The predicted octanol–water partition coefficient (Wildman–Crippen LogP) is 1.82. The Bertz CT molecular complexity index is 381. The molecule has 0 saturated carbocycles. The molecule has 0 aliphatic heterocycles. The highest BCUT2D eigenvalue weighted by atomic mass is 35.5. The molecule has 1 aromatic carbocycles. The minimum atomic E-state index is 0. The van der Waals surface area contributed by atoms with E-state index in [-0.39, 0.29) is 24.4 Å². The summed E-state index contributed by atoms with van der Waals surface area (Å²) in [6, 6.07) is 8.59. The van der Waals surface area contributed by atoms with Crippen LogP contribution in [0.3, 0.4) is 0 Å². The van der Waals surface area contributed by atoms with Crippen molar-refractivity contribution >= 4 is 18.3 Å². The van der Waals surface area contributed by atoms with Crippen molar-refractivity contribution in [2.45, 2.75) is 25.3 Å². The molecule has 1 aliphatic carbocycles. The SMILES string of the molecule is CNCCC(=O)NC1CCc2ccccc21.Cl. The van der Waals surface area contributed by atoms with Crippen molar-refractivity contribution in [3.05, 3.63) is 35.4 Å². The molecule has 0 bridgehead atoms. The summed E-state index contributed by atoms with van der Waals surface area (Å²) < 4.78 is 0. The molecule has 4 heteroatoms. The monoisotopic (exact) mass is 254 g/mol. The van der Waals surface area contributed by atoms with Crippen molar-refractivity contribution in [1.82, 2.24) is 10.6 Å². The summed E-state index contributed by atoms with van der Waals surface area (Å²) in [6.07, 6.45) is 2.66. The van der Waals surface area contributed by atoms with Gasteiger partial charge in [0.15, 0.2) is 0 Å². The highest BCUT2D eigenvalue weighted by Crippen LogP contribution is 2.30. The largest absolute Gasteiger partial charge is 0.349 e. The number of fused-ring (bicyclic) bond motifs is 1. The summed E-state index contributed by atoms with van der Waals surface area (Å²) in [5.41, 5.74) is 2.67. The summed E-state index contributed by atoms with van der Waals surface area (Å²) in [4.78, 5) is 11.6. The van der Waals surface area contributed by atoms with E-state index in [0.29, 0.717) is 6.42 Å². The zero-order valence-electron chi connectivity index (χ0n) is 10.0. The normalized spacial score (nSPS) is 17.1. The minimum Gasteiger partial charge on any atom is -0.349 e. The fourth-order valence-corrected chi connectivity index (χ4v) is 2.21. The van der Waals surface area contributed by atoms with Gasteiger partial charge in [-0.15, -0.1) is 12.4 Å². The van der Waals surface area contributed by atoms with Gasteiger partial charge in [0.1, 0.15) is 0 Å². The van der Waals surface area contributed by atoms with Gasteiger partial charge in [-0.1, -0.05) is 24.3 Å². The molecule has 1 atom stereocenters. The van der Waals surface area contributed by atoms with E-state index in [1.54, 1.807) is 0 Å². The molecule has 94 valence electrons. The van der Waals surface area contributed by atoms with Crippen LogP contribution in [0.25, 0.3) is 0 Å². The third-order valence-electron chi connectivity index (χ3n) is 3.07. The smallest absolute Gasteiger partial charge is 0.221 e. The van der Waals surface area contributed by atoms with Crippen molar-refractivity contribution in [3.8, 4) is 0 Å². The molecule has 1 amide bonds. The van der Waals surface area contributed by atoms with Gasteiger partial charge in [0.25, 0.3) is 0 Å². The van der Waals surface area contributed by atoms with Gasteiger partial charge < -0.3 is 10.6 Å². The van der Waals surface area contributed by atoms with Crippen molar-refractivity contribution in [2.24, 2.45) is 0 Å². The van der Waals surface area contributed by atoms with Crippen LogP contribution in [0.5, 0.6) is 0 Å². The Kier molecular flexibility index (Phi) is 5.45. The van der Waals surface area contributed by atoms with Gasteiger partial charge >= 0.3 is 0 Å². The van der Waals surface area contributed by atoms with Crippen molar-refractivity contribution < 1.29 is 4.79 Å². The Hall–Kier alpha value is -1.06. The predicted molar refractivity (Wildman–Crippen MR) is 71.4 cm³/mol. The lowest BCUT2D eigenvalue weighted by Gasteiger charge is -2.13. The second kappa shape index (κ2) is 6.62. The molecule has 2 rings (SSSR count). The molecule has 0 spiro atoms. The number of carbonyl (C=O) groups is 1. The Labute approximate surface area is 108 Å². The van der Waals surface area contributed by atoms with Crippen LogP contribution < -0.4 is 10.6 Å². The van der Waals surface area contributed by atoms with E-state index in [1.807, 2.05) is 13.1 Å². The number of hydrogen-bond acceptors (Lipinski definition) is 2. The Morgan fingerprint density at radius 3 is 2.94 bits per heavy atom. The van der Waals surface area contributed by atoms with Crippen LogP contribution in [-0.2, 0) is 11.2 Å². The first kappa shape index (κ1) is 14.0. The highest BCUT2D eigenvalue weighted by Gasteiger charge is 2.22. The lowest BCUT2D eigenvalue weighted by Crippen LogP contribution is -2.29. The molecule has 0 saturated heterocycles. The standard InChI is InChI=1S/C13H18N2O.ClH/c1-14-9-8-13(16)15-12-7-6-10-4-2-3-5-11(10)12;/h2-5,12,14H,6-9H2,1H3,(H,15,16);1H. The van der Waals surface area contributed by atoms with Crippen LogP contribution in [0.2, 0.25) is 0 Å². The molecule has 17 heavy (non-hydrogen) atoms. The molecule has 1 unspecified atom stereocenters. The Balaban J connectivity index is 0.00000144. The molecular weight excluding hydrogens is 236 g/mol. The van der Waals surface area contributed by atoms with E-state index in [0.717, 1.165) is 19.4 Å². The summed E-state index contributed by atoms with van der Waals surface area (Å²) >= 11 is 0. The Morgan fingerprint density at radius 1 is 1.41 bits per heavy atom. The van der Waals surface area contributed by atoms with Gasteiger partial charge in [-0.3, -0.25) is 4.79 Å². The second-order valence-corrected chi connectivity index (χ2v) is 4.21. The molecule has 1 aromatic rings. The van der Waals surface area contributed by atoms with Crippen LogP contribution in [0.4, 0.5) is 0 Å². The summed E-state index contributed by atoms with van der Waals surface area (Å²) in [5.74, 6) is 0.135. The lowest BCUT2D eigenvalue weighted by atomic mass is 10.1. The third-order valence-corrected chi connectivity index (χ3v) is 3.07. The molecule has 1 aliphatic rings. The van der Waals surface area contributed by atoms with Gasteiger partial charge in [0.05, 0.1) is 6.04 Å². The van der Waals surface area contributed by atoms with Crippen LogP contribution in [0.1, 0.15) is 30.0 Å². The first-order valence-electron chi connectivity index (χ1n) is 5.83. The topological polar surface area (TPSA) is 41.1 Å². The summed E-state index contributed by atoms with van der Waals surface area (Å²) in [5, 5.41) is 6.07. The zero-order valence-corrected chi connectivity index (χ0v) is 10.8. The number of aryl methyl sites for hydroxylation is 1. The van der Waals surface area contributed by atoms with E-state index in [9.17, 15) is 4.79 Å². The Morgan fingerprint density at radius 2 is 2.18 bits per heavy atom. The quantitative estimate of drug-likeness (QED) is 0.861. The number of amides is 1. The number of benzene rings is 1. The lowest BCUT2D eigenvalue weighted by molar-refractivity contribution is -0.121. The molecular formula is C13H19ClN2O. The highest BCUT2D eigenvalue weighted by molar-refractivity contribution is 5.85. The summed E-state index contributed by atoms with van der Waals surface area (Å²) in [6.45, 7) is 0.736. The fraction of sp³-hybridized carbons (Fsp3) is 0.462. The molecule has 0 aromatic heterocycles. The summed E-state index contributed by atoms with van der Waals surface area (Å²) in [7, 11) is 1.86. The molecule has 0 heterocycles. The van der Waals surface area contributed by atoms with Crippen LogP contribution >= 0.6 is 12.4 Å². The molecule has 2 N–H and O–H groups in total. The van der Waals surface area contributed by atoms with Crippen molar-refractivity contribution in [3.63, 3.8) is 0 Å². The minimum absolute atomic E-state index is 0. The average Bonchev–Trinajstić information content (AvgIpc) is 2.70. The first-order valence-corrected chi connectivity index (χ1v) is 5.83. The number of nitrogens with one attached hydrogen (secondary N) is 2. The zero-order chi connectivity index (χ0) is 11.4. The van der Waals surface area contributed by atoms with Crippen LogP contribution in [0, 0.1) is 0 Å². The van der Waals surface area contributed by atoms with Gasteiger partial charge in [0.2, 0.25) is 5.91 Å². The van der Waals surface area contributed by atoms with Crippen LogP contribution in [-0.4, -0.2) is 19.5 Å². The fourth-order valence-electron chi connectivity index (χ4n) is 2.21. The van der Waals surface area contributed by atoms with E-state index in [1.165, 1.54) is 11.1 Å².